The molecule has 0 N–H and O–H groups in total. The van der Waals surface area contributed by atoms with Gasteiger partial charge in [-0.15, -0.1) is 0 Å². The monoisotopic (exact) mass is 428 g/mol. The Bertz CT molecular complexity index is 1020. The van der Waals surface area contributed by atoms with Crippen LogP contribution < -0.4 is 14.5 Å². The third-order valence-electron chi connectivity index (χ3n) is 4.68. The zero-order chi connectivity index (χ0) is 20.2. The second-order valence-electron chi connectivity index (χ2n) is 6.57. The molecule has 8 heteroatoms. The standard InChI is InChI=1S/C21H18Cl2N4O2/c22-15-4-6-18(7-5-15)28-14-20-25-19(13-24)21(29-20)27-10-8-26(9-11-27)17-3-1-2-16(23)12-17/h1-7,12H,8-11,14H2. The van der Waals surface area contributed by atoms with Gasteiger partial charge in [-0.1, -0.05) is 29.3 Å². The number of anilines is 2. The maximum absolute atomic E-state index is 9.46. The molecule has 3 aromatic rings. The molecule has 2 aromatic carbocycles. The number of aromatic nitrogens is 1. The molecule has 1 saturated heterocycles. The zero-order valence-corrected chi connectivity index (χ0v) is 17.0. The number of rotatable bonds is 5. The van der Waals surface area contributed by atoms with E-state index < -0.39 is 0 Å². The van der Waals surface area contributed by atoms with Crippen LogP contribution in [0.5, 0.6) is 5.75 Å². The molecule has 0 spiro atoms. The van der Waals surface area contributed by atoms with E-state index in [1.165, 1.54) is 0 Å². The SMILES string of the molecule is N#Cc1nc(COc2ccc(Cl)cc2)oc1N1CCN(c2cccc(Cl)c2)CC1. The summed E-state index contributed by atoms with van der Waals surface area (Å²) in [4.78, 5) is 8.57. The molecule has 148 valence electrons. The van der Waals surface area contributed by atoms with Crippen molar-refractivity contribution in [3.63, 3.8) is 0 Å². The Labute approximate surface area is 178 Å². The predicted octanol–water partition coefficient (Wildman–Crippen LogP) is 4.76. The van der Waals surface area contributed by atoms with Gasteiger partial charge in [-0.2, -0.15) is 10.2 Å². The van der Waals surface area contributed by atoms with Crippen molar-refractivity contribution in [3.8, 4) is 11.8 Å². The van der Waals surface area contributed by atoms with E-state index in [9.17, 15) is 5.26 Å². The molecule has 0 radical (unpaired) electrons. The molecule has 0 saturated carbocycles. The van der Waals surface area contributed by atoms with Gasteiger partial charge in [-0.3, -0.25) is 0 Å². The van der Waals surface area contributed by atoms with Gasteiger partial charge in [0.2, 0.25) is 17.5 Å². The second-order valence-corrected chi connectivity index (χ2v) is 7.44. The Morgan fingerprint density at radius 2 is 1.72 bits per heavy atom. The summed E-state index contributed by atoms with van der Waals surface area (Å²) in [5.74, 6) is 1.51. The number of nitrogens with zero attached hydrogens (tertiary/aromatic N) is 4. The van der Waals surface area contributed by atoms with Crippen molar-refractivity contribution in [2.45, 2.75) is 6.61 Å². The van der Waals surface area contributed by atoms with Crippen LogP contribution in [0.3, 0.4) is 0 Å². The van der Waals surface area contributed by atoms with E-state index in [2.05, 4.69) is 16.0 Å². The van der Waals surface area contributed by atoms with Gasteiger partial charge < -0.3 is 19.0 Å². The zero-order valence-electron chi connectivity index (χ0n) is 15.5. The van der Waals surface area contributed by atoms with Crippen LogP contribution in [0.15, 0.2) is 52.9 Å². The normalized spacial score (nSPS) is 14.0. The van der Waals surface area contributed by atoms with Crippen LogP contribution in [0.25, 0.3) is 0 Å². The number of nitriles is 1. The van der Waals surface area contributed by atoms with Crippen molar-refractivity contribution in [1.29, 1.82) is 5.26 Å². The minimum atomic E-state index is 0.138. The van der Waals surface area contributed by atoms with Crippen LogP contribution in [-0.2, 0) is 6.61 Å². The highest BCUT2D eigenvalue weighted by molar-refractivity contribution is 6.31. The molecule has 0 aliphatic carbocycles. The molecule has 6 nitrogen and oxygen atoms in total. The first-order valence-corrected chi connectivity index (χ1v) is 9.91. The number of ether oxygens (including phenoxy) is 1. The molecule has 4 rings (SSSR count). The summed E-state index contributed by atoms with van der Waals surface area (Å²) < 4.78 is 11.5. The number of benzene rings is 2. The number of hydrogen-bond acceptors (Lipinski definition) is 6. The lowest BCUT2D eigenvalue weighted by molar-refractivity contribution is 0.263. The maximum atomic E-state index is 9.46. The summed E-state index contributed by atoms with van der Waals surface area (Å²) in [7, 11) is 0. The number of piperazine rings is 1. The molecule has 29 heavy (non-hydrogen) atoms. The maximum Gasteiger partial charge on any atom is 0.236 e. The van der Waals surface area contributed by atoms with E-state index >= 15 is 0 Å². The molecular weight excluding hydrogens is 411 g/mol. The van der Waals surface area contributed by atoms with E-state index in [-0.39, 0.29) is 12.3 Å². The van der Waals surface area contributed by atoms with Gasteiger partial charge in [0, 0.05) is 41.9 Å². The molecule has 0 atom stereocenters. The van der Waals surface area contributed by atoms with Gasteiger partial charge in [-0.05, 0) is 42.5 Å². The Morgan fingerprint density at radius 3 is 2.41 bits per heavy atom. The second kappa shape index (κ2) is 8.64. The molecular formula is C21H18Cl2N4O2. The molecule has 0 bridgehead atoms. The van der Waals surface area contributed by atoms with E-state index in [0.717, 1.165) is 23.8 Å². The van der Waals surface area contributed by atoms with Crippen molar-refractivity contribution in [1.82, 2.24) is 4.98 Å². The van der Waals surface area contributed by atoms with Crippen molar-refractivity contribution in [2.75, 3.05) is 36.0 Å². The van der Waals surface area contributed by atoms with Gasteiger partial charge in [0.1, 0.15) is 11.8 Å². The fraction of sp³-hybridized carbons (Fsp3) is 0.238. The van der Waals surface area contributed by atoms with Gasteiger partial charge in [0.05, 0.1) is 0 Å². The molecule has 2 heterocycles. The van der Waals surface area contributed by atoms with E-state index in [0.29, 0.717) is 35.6 Å². The van der Waals surface area contributed by atoms with Gasteiger partial charge in [0.25, 0.3) is 0 Å². The van der Waals surface area contributed by atoms with Gasteiger partial charge >= 0.3 is 0 Å². The van der Waals surface area contributed by atoms with Crippen LogP contribution in [0.4, 0.5) is 11.6 Å². The lowest BCUT2D eigenvalue weighted by Crippen LogP contribution is -2.46. The average molecular weight is 429 g/mol. The topological polar surface area (TPSA) is 65.5 Å². The first kappa shape index (κ1) is 19.4. The summed E-state index contributed by atoms with van der Waals surface area (Å²) in [6.07, 6.45) is 0. The molecule has 0 unspecified atom stereocenters. The lowest BCUT2D eigenvalue weighted by atomic mass is 10.2. The lowest BCUT2D eigenvalue weighted by Gasteiger charge is -2.35. The highest BCUT2D eigenvalue weighted by atomic mass is 35.5. The Kier molecular flexibility index (Phi) is 5.79. The molecule has 0 amide bonds. The molecule has 1 aliphatic heterocycles. The number of oxazole rings is 1. The van der Waals surface area contributed by atoms with Crippen LogP contribution in [-0.4, -0.2) is 31.2 Å². The summed E-state index contributed by atoms with van der Waals surface area (Å²) in [5, 5.41) is 10.8. The van der Waals surface area contributed by atoms with E-state index in [1.54, 1.807) is 24.3 Å². The smallest absolute Gasteiger partial charge is 0.236 e. The van der Waals surface area contributed by atoms with Crippen LogP contribution in [0.1, 0.15) is 11.6 Å². The molecule has 1 aromatic heterocycles. The summed E-state index contributed by atoms with van der Waals surface area (Å²) in [5.41, 5.74) is 1.36. The predicted molar refractivity (Wildman–Crippen MR) is 113 cm³/mol. The summed E-state index contributed by atoms with van der Waals surface area (Å²) in [6.45, 7) is 3.16. The fourth-order valence-corrected chi connectivity index (χ4v) is 3.53. The molecule has 1 aliphatic rings. The van der Waals surface area contributed by atoms with Crippen molar-refractivity contribution < 1.29 is 9.15 Å². The minimum absolute atomic E-state index is 0.138. The average Bonchev–Trinajstić information content (AvgIpc) is 3.17. The van der Waals surface area contributed by atoms with Crippen LogP contribution >= 0.6 is 23.2 Å². The number of hydrogen-bond donors (Lipinski definition) is 0. The van der Waals surface area contributed by atoms with E-state index in [4.69, 9.17) is 32.4 Å². The quantitative estimate of drug-likeness (QED) is 0.583. The highest BCUT2D eigenvalue weighted by Gasteiger charge is 2.24. The van der Waals surface area contributed by atoms with Gasteiger partial charge in [-0.25, -0.2) is 0 Å². The van der Waals surface area contributed by atoms with Crippen molar-refractivity contribution >= 4 is 34.8 Å². The largest absolute Gasteiger partial charge is 0.484 e. The Morgan fingerprint density at radius 1 is 1.00 bits per heavy atom. The van der Waals surface area contributed by atoms with Crippen LogP contribution in [0.2, 0.25) is 10.0 Å². The minimum Gasteiger partial charge on any atom is -0.484 e. The van der Waals surface area contributed by atoms with E-state index in [1.807, 2.05) is 29.2 Å². The Balaban J connectivity index is 1.41. The molecule has 1 fully saturated rings. The first-order chi connectivity index (χ1) is 14.1. The van der Waals surface area contributed by atoms with Crippen LogP contribution in [0, 0.1) is 11.3 Å². The Hall–Kier alpha value is -2.88. The van der Waals surface area contributed by atoms with Crippen molar-refractivity contribution in [3.05, 3.63) is 70.2 Å². The fourth-order valence-electron chi connectivity index (χ4n) is 3.22. The third-order valence-corrected chi connectivity index (χ3v) is 5.16. The summed E-state index contributed by atoms with van der Waals surface area (Å²) >= 11 is 12.0. The summed E-state index contributed by atoms with van der Waals surface area (Å²) in [6, 6.07) is 17.0. The first-order valence-electron chi connectivity index (χ1n) is 9.16. The van der Waals surface area contributed by atoms with Crippen molar-refractivity contribution in [2.24, 2.45) is 0 Å². The number of halogens is 2. The third kappa shape index (κ3) is 4.58. The highest BCUT2D eigenvalue weighted by Crippen LogP contribution is 2.26. The van der Waals surface area contributed by atoms with Gasteiger partial charge in [0.15, 0.2) is 6.61 Å².